The lowest BCUT2D eigenvalue weighted by Gasteiger charge is -2.22. The van der Waals surface area contributed by atoms with E-state index in [1.807, 2.05) is 6.20 Å². The number of hydrogen-bond donors (Lipinski definition) is 1. The maximum Gasteiger partial charge on any atom is 0.110 e. The molecule has 1 unspecified atom stereocenters. The van der Waals surface area contributed by atoms with Crippen LogP contribution in [0.4, 0.5) is 0 Å². The summed E-state index contributed by atoms with van der Waals surface area (Å²) in [5.74, 6) is 1.84. The van der Waals surface area contributed by atoms with Gasteiger partial charge in [-0.2, -0.15) is 0 Å². The number of nitrogens with zero attached hydrogens (tertiary/aromatic N) is 2. The molecule has 0 spiro atoms. The van der Waals surface area contributed by atoms with E-state index in [9.17, 15) is 0 Å². The highest BCUT2D eigenvalue weighted by Gasteiger charge is 2.18. The smallest absolute Gasteiger partial charge is 0.110 e. The van der Waals surface area contributed by atoms with Crippen molar-refractivity contribution in [2.45, 2.75) is 38.6 Å². The molecule has 2 N–H and O–H groups in total. The number of hydrogen-bond acceptors (Lipinski definition) is 2. The van der Waals surface area contributed by atoms with Gasteiger partial charge in [0.05, 0.1) is 0 Å². The summed E-state index contributed by atoms with van der Waals surface area (Å²) in [5, 5.41) is 0. The second-order valence-electron chi connectivity index (χ2n) is 3.83. The summed E-state index contributed by atoms with van der Waals surface area (Å²) in [4.78, 5) is 4.42. The Hall–Kier alpha value is -0.830. The summed E-state index contributed by atoms with van der Waals surface area (Å²) in [6.45, 7) is 4.11. The molecule has 0 aliphatic carbocycles. The molecule has 1 aromatic heterocycles. The van der Waals surface area contributed by atoms with Gasteiger partial charge >= 0.3 is 0 Å². The van der Waals surface area contributed by atoms with Crippen LogP contribution in [0.15, 0.2) is 6.20 Å². The van der Waals surface area contributed by atoms with E-state index < -0.39 is 0 Å². The predicted octanol–water partition coefficient (Wildman–Crippen LogP) is 1.28. The van der Waals surface area contributed by atoms with Crippen molar-refractivity contribution in [3.8, 4) is 0 Å². The molecule has 3 heteroatoms. The van der Waals surface area contributed by atoms with E-state index in [0.29, 0.717) is 12.5 Å². The lowest BCUT2D eigenvalue weighted by atomic mass is 9.99. The normalized spacial score (nSPS) is 21.5. The van der Waals surface area contributed by atoms with Gasteiger partial charge in [-0.1, -0.05) is 6.92 Å². The van der Waals surface area contributed by atoms with E-state index in [2.05, 4.69) is 16.5 Å². The van der Waals surface area contributed by atoms with Gasteiger partial charge in [0, 0.05) is 24.9 Å². The van der Waals surface area contributed by atoms with E-state index in [-0.39, 0.29) is 0 Å². The van der Waals surface area contributed by atoms with Gasteiger partial charge in [0.1, 0.15) is 5.82 Å². The second kappa shape index (κ2) is 3.50. The van der Waals surface area contributed by atoms with Crippen molar-refractivity contribution < 1.29 is 0 Å². The summed E-state index contributed by atoms with van der Waals surface area (Å²) >= 11 is 0. The van der Waals surface area contributed by atoms with Crippen LogP contribution < -0.4 is 5.73 Å². The van der Waals surface area contributed by atoms with Crippen LogP contribution >= 0.6 is 0 Å². The first kappa shape index (κ1) is 8.75. The molecule has 0 fully saturated rings. The fourth-order valence-corrected chi connectivity index (χ4v) is 2.11. The Balaban J connectivity index is 2.30. The van der Waals surface area contributed by atoms with Crippen LogP contribution in [-0.4, -0.2) is 16.1 Å². The van der Waals surface area contributed by atoms with Gasteiger partial charge < -0.3 is 10.3 Å². The summed E-state index contributed by atoms with van der Waals surface area (Å²) in [6.07, 6.45) is 5.51. The van der Waals surface area contributed by atoms with E-state index in [1.54, 1.807) is 0 Å². The molecule has 0 bridgehead atoms. The summed E-state index contributed by atoms with van der Waals surface area (Å²) in [5.41, 5.74) is 6.93. The third-order valence-electron chi connectivity index (χ3n) is 2.86. The van der Waals surface area contributed by atoms with Gasteiger partial charge in [0.15, 0.2) is 0 Å². The molecule has 1 aliphatic rings. The van der Waals surface area contributed by atoms with Gasteiger partial charge in [-0.15, -0.1) is 0 Å². The van der Waals surface area contributed by atoms with Crippen molar-refractivity contribution in [1.82, 2.24) is 9.55 Å². The van der Waals surface area contributed by atoms with Crippen LogP contribution in [0.3, 0.4) is 0 Å². The fraction of sp³-hybridized carbons (Fsp3) is 0.700. The number of imidazole rings is 1. The molecule has 2 heterocycles. The lowest BCUT2D eigenvalue weighted by Crippen LogP contribution is -2.17. The molecule has 13 heavy (non-hydrogen) atoms. The molecule has 1 atom stereocenters. The highest BCUT2D eigenvalue weighted by molar-refractivity contribution is 5.12. The lowest BCUT2D eigenvalue weighted by molar-refractivity contribution is 0.463. The van der Waals surface area contributed by atoms with E-state index >= 15 is 0 Å². The standard InChI is InChI=1S/C10H17N3/c1-8-3-2-6-13-9(8)7-12-10(13)4-5-11/h7-8H,2-6,11H2,1H3. The third-order valence-corrected chi connectivity index (χ3v) is 2.86. The van der Waals surface area contributed by atoms with Crippen LogP contribution in [-0.2, 0) is 13.0 Å². The predicted molar refractivity (Wildman–Crippen MR) is 52.6 cm³/mol. The second-order valence-corrected chi connectivity index (χ2v) is 3.83. The monoisotopic (exact) mass is 179 g/mol. The average molecular weight is 179 g/mol. The van der Waals surface area contributed by atoms with Crippen molar-refractivity contribution in [3.63, 3.8) is 0 Å². The largest absolute Gasteiger partial charge is 0.332 e. The molecule has 0 saturated heterocycles. The minimum absolute atomic E-state index is 0.674. The third kappa shape index (κ3) is 1.48. The zero-order valence-electron chi connectivity index (χ0n) is 8.16. The van der Waals surface area contributed by atoms with Crippen LogP contribution in [0.1, 0.15) is 37.2 Å². The molecule has 2 rings (SSSR count). The highest BCUT2D eigenvalue weighted by Crippen LogP contribution is 2.27. The first-order valence-corrected chi connectivity index (χ1v) is 5.07. The van der Waals surface area contributed by atoms with E-state index in [1.165, 1.54) is 24.4 Å². The molecule has 0 radical (unpaired) electrons. The molecular formula is C10H17N3. The molecule has 1 aliphatic heterocycles. The first-order valence-electron chi connectivity index (χ1n) is 5.07. The van der Waals surface area contributed by atoms with Crippen LogP contribution in [0.5, 0.6) is 0 Å². The van der Waals surface area contributed by atoms with Crippen molar-refractivity contribution in [2.24, 2.45) is 5.73 Å². The molecule has 1 aromatic rings. The number of rotatable bonds is 2. The van der Waals surface area contributed by atoms with Crippen molar-refractivity contribution in [2.75, 3.05) is 6.54 Å². The summed E-state index contributed by atoms with van der Waals surface area (Å²) < 4.78 is 2.35. The minimum Gasteiger partial charge on any atom is -0.332 e. The first-order chi connectivity index (χ1) is 6.33. The fourth-order valence-electron chi connectivity index (χ4n) is 2.11. The van der Waals surface area contributed by atoms with E-state index in [4.69, 9.17) is 5.73 Å². The Morgan fingerprint density at radius 2 is 2.54 bits per heavy atom. The average Bonchev–Trinajstić information content (AvgIpc) is 2.51. The number of aromatic nitrogens is 2. The number of nitrogens with two attached hydrogens (primary N) is 1. The van der Waals surface area contributed by atoms with E-state index in [0.717, 1.165) is 13.0 Å². The zero-order valence-corrected chi connectivity index (χ0v) is 8.16. The van der Waals surface area contributed by atoms with Crippen LogP contribution in [0, 0.1) is 0 Å². The Bertz CT molecular complexity index is 290. The van der Waals surface area contributed by atoms with Crippen LogP contribution in [0.25, 0.3) is 0 Å². The van der Waals surface area contributed by atoms with Crippen molar-refractivity contribution in [1.29, 1.82) is 0 Å². The Morgan fingerprint density at radius 3 is 3.31 bits per heavy atom. The van der Waals surface area contributed by atoms with Gasteiger partial charge in [-0.05, 0) is 25.3 Å². The van der Waals surface area contributed by atoms with Gasteiger partial charge in [0.2, 0.25) is 0 Å². The zero-order chi connectivity index (χ0) is 9.26. The van der Waals surface area contributed by atoms with Gasteiger partial charge in [-0.25, -0.2) is 4.98 Å². The van der Waals surface area contributed by atoms with Gasteiger partial charge in [0.25, 0.3) is 0 Å². The summed E-state index contributed by atoms with van der Waals surface area (Å²) in [6, 6.07) is 0. The SMILES string of the molecule is CC1CCCn2c1cnc2CCN. The summed E-state index contributed by atoms with van der Waals surface area (Å²) in [7, 11) is 0. The minimum atomic E-state index is 0.674. The maximum atomic E-state index is 5.53. The molecule has 3 nitrogen and oxygen atoms in total. The Labute approximate surface area is 79.0 Å². The Morgan fingerprint density at radius 1 is 1.69 bits per heavy atom. The van der Waals surface area contributed by atoms with Crippen LogP contribution in [0.2, 0.25) is 0 Å². The maximum absolute atomic E-state index is 5.53. The van der Waals surface area contributed by atoms with Crippen molar-refractivity contribution >= 4 is 0 Å². The topological polar surface area (TPSA) is 43.8 Å². The molecule has 72 valence electrons. The molecule has 0 amide bonds. The van der Waals surface area contributed by atoms with Crippen molar-refractivity contribution in [3.05, 3.63) is 17.7 Å². The highest BCUT2D eigenvalue weighted by atomic mass is 15.1. The quantitative estimate of drug-likeness (QED) is 0.743. The van der Waals surface area contributed by atoms with Gasteiger partial charge in [-0.3, -0.25) is 0 Å². The molecule has 0 saturated carbocycles. The Kier molecular flexibility index (Phi) is 2.36. The molecular weight excluding hydrogens is 162 g/mol. The number of fused-ring (bicyclic) bond motifs is 1. The molecule has 0 aromatic carbocycles.